The topological polar surface area (TPSA) is 77.5 Å². The summed E-state index contributed by atoms with van der Waals surface area (Å²) in [4.78, 5) is 28.9. The van der Waals surface area contributed by atoms with E-state index in [4.69, 9.17) is 32.7 Å². The lowest BCUT2D eigenvalue weighted by molar-refractivity contribution is 0.0526. The van der Waals surface area contributed by atoms with Gasteiger partial charge in [-0.2, -0.15) is 0 Å². The Labute approximate surface area is 169 Å². The van der Waals surface area contributed by atoms with E-state index in [1.165, 1.54) is 24.5 Å². The number of carbonyl (C=O) groups is 2. The standard InChI is InChI=1S/C18H14Cl2N2O4S/c1-3-26-17(24)9-4-7-12-13(8-9)27-18(21-12)22-16(23)14-10(19)5-6-11(20)15(14)25-2/h4-8H,3H2,1-2H3,(H,21,22,23). The molecule has 0 bridgehead atoms. The Kier molecular flexibility index (Phi) is 5.84. The van der Waals surface area contributed by atoms with E-state index in [2.05, 4.69) is 10.3 Å². The summed E-state index contributed by atoms with van der Waals surface area (Å²) >= 11 is 13.4. The molecule has 0 fully saturated rings. The molecule has 0 saturated carbocycles. The number of anilines is 1. The van der Waals surface area contributed by atoms with Crippen LogP contribution in [-0.4, -0.2) is 30.6 Å². The number of amides is 1. The Morgan fingerprint density at radius 1 is 1.19 bits per heavy atom. The molecule has 2 aromatic carbocycles. The number of benzene rings is 2. The number of aromatic nitrogens is 1. The zero-order valence-corrected chi connectivity index (χ0v) is 16.7. The number of fused-ring (bicyclic) bond motifs is 1. The van der Waals surface area contributed by atoms with E-state index in [-0.39, 0.29) is 21.4 Å². The van der Waals surface area contributed by atoms with Crippen LogP contribution in [0.2, 0.25) is 10.0 Å². The molecule has 0 saturated heterocycles. The van der Waals surface area contributed by atoms with Gasteiger partial charge in [0.05, 0.1) is 39.5 Å². The molecule has 1 amide bonds. The summed E-state index contributed by atoms with van der Waals surface area (Å²) in [5.41, 5.74) is 1.19. The van der Waals surface area contributed by atoms with Crippen LogP contribution in [0, 0.1) is 0 Å². The molecule has 6 nitrogen and oxygen atoms in total. The predicted octanol–water partition coefficient (Wildman–Crippen LogP) is 5.04. The van der Waals surface area contributed by atoms with Crippen molar-refractivity contribution in [1.82, 2.24) is 4.98 Å². The second-order valence-corrected chi connectivity index (χ2v) is 7.16. The van der Waals surface area contributed by atoms with Gasteiger partial charge >= 0.3 is 5.97 Å². The second-order valence-electron chi connectivity index (χ2n) is 5.31. The molecule has 1 aromatic heterocycles. The van der Waals surface area contributed by atoms with Crippen LogP contribution in [0.15, 0.2) is 30.3 Å². The molecule has 1 heterocycles. The minimum atomic E-state index is -0.496. The minimum Gasteiger partial charge on any atom is -0.494 e. The highest BCUT2D eigenvalue weighted by Crippen LogP contribution is 2.35. The third kappa shape index (κ3) is 4.00. The van der Waals surface area contributed by atoms with E-state index < -0.39 is 11.9 Å². The normalized spacial score (nSPS) is 10.7. The van der Waals surface area contributed by atoms with Crippen molar-refractivity contribution in [2.45, 2.75) is 6.92 Å². The number of esters is 1. The molecule has 3 aromatic rings. The van der Waals surface area contributed by atoms with Crippen molar-refractivity contribution in [2.24, 2.45) is 0 Å². The van der Waals surface area contributed by atoms with Gasteiger partial charge < -0.3 is 9.47 Å². The Hall–Kier alpha value is -2.35. The fraction of sp³-hybridized carbons (Fsp3) is 0.167. The van der Waals surface area contributed by atoms with Crippen molar-refractivity contribution in [1.29, 1.82) is 0 Å². The molecule has 27 heavy (non-hydrogen) atoms. The fourth-order valence-electron chi connectivity index (χ4n) is 2.42. The molecule has 140 valence electrons. The summed E-state index contributed by atoms with van der Waals surface area (Å²) in [5, 5.41) is 3.53. The number of hydrogen-bond donors (Lipinski definition) is 1. The van der Waals surface area contributed by atoms with Gasteiger partial charge in [-0.05, 0) is 37.3 Å². The first-order valence-electron chi connectivity index (χ1n) is 7.85. The third-order valence-electron chi connectivity index (χ3n) is 3.61. The van der Waals surface area contributed by atoms with Gasteiger partial charge in [-0.25, -0.2) is 9.78 Å². The summed E-state index contributed by atoms with van der Waals surface area (Å²) in [5.74, 6) is -0.717. The van der Waals surface area contributed by atoms with Crippen molar-refractivity contribution >= 4 is 61.8 Å². The van der Waals surface area contributed by atoms with Crippen molar-refractivity contribution in [2.75, 3.05) is 19.0 Å². The smallest absolute Gasteiger partial charge is 0.338 e. The van der Waals surface area contributed by atoms with Crippen LogP contribution in [0.4, 0.5) is 5.13 Å². The largest absolute Gasteiger partial charge is 0.494 e. The average molecular weight is 425 g/mol. The van der Waals surface area contributed by atoms with E-state index in [9.17, 15) is 9.59 Å². The van der Waals surface area contributed by atoms with Crippen LogP contribution < -0.4 is 10.1 Å². The van der Waals surface area contributed by atoms with Crippen molar-refractivity contribution in [3.8, 4) is 5.75 Å². The van der Waals surface area contributed by atoms with Gasteiger partial charge in [-0.1, -0.05) is 34.5 Å². The van der Waals surface area contributed by atoms with Gasteiger partial charge in [-0.3, -0.25) is 10.1 Å². The zero-order valence-electron chi connectivity index (χ0n) is 14.3. The zero-order chi connectivity index (χ0) is 19.6. The first-order chi connectivity index (χ1) is 12.9. The summed E-state index contributed by atoms with van der Waals surface area (Å²) < 4.78 is 10.9. The third-order valence-corrected chi connectivity index (χ3v) is 5.16. The van der Waals surface area contributed by atoms with Crippen LogP contribution in [0.5, 0.6) is 5.75 Å². The molecular weight excluding hydrogens is 411 g/mol. The van der Waals surface area contributed by atoms with Gasteiger partial charge in [0.25, 0.3) is 5.91 Å². The highest BCUT2D eigenvalue weighted by atomic mass is 35.5. The van der Waals surface area contributed by atoms with Crippen LogP contribution in [-0.2, 0) is 4.74 Å². The van der Waals surface area contributed by atoms with Crippen molar-refractivity contribution in [3.05, 3.63) is 51.5 Å². The predicted molar refractivity (Wildman–Crippen MR) is 107 cm³/mol. The molecule has 0 aliphatic heterocycles. The first-order valence-corrected chi connectivity index (χ1v) is 9.43. The Morgan fingerprint density at radius 2 is 1.93 bits per heavy atom. The van der Waals surface area contributed by atoms with Crippen LogP contribution >= 0.6 is 34.5 Å². The van der Waals surface area contributed by atoms with E-state index in [0.29, 0.717) is 22.8 Å². The first kappa shape index (κ1) is 19.4. The van der Waals surface area contributed by atoms with Crippen LogP contribution in [0.25, 0.3) is 10.2 Å². The number of hydrogen-bond acceptors (Lipinski definition) is 6. The second kappa shape index (κ2) is 8.12. The SMILES string of the molecule is CCOC(=O)c1ccc2nc(NC(=O)c3c(Cl)ccc(Cl)c3OC)sc2c1. The number of rotatable bonds is 5. The van der Waals surface area contributed by atoms with Gasteiger partial charge in [-0.15, -0.1) is 0 Å². The van der Waals surface area contributed by atoms with E-state index in [1.807, 2.05) is 0 Å². The minimum absolute atomic E-state index is 0.123. The van der Waals surface area contributed by atoms with Crippen molar-refractivity contribution in [3.63, 3.8) is 0 Å². The van der Waals surface area contributed by atoms with Gasteiger partial charge in [0.15, 0.2) is 10.9 Å². The lowest BCUT2D eigenvalue weighted by Crippen LogP contribution is -2.14. The van der Waals surface area contributed by atoms with Crippen LogP contribution in [0.3, 0.4) is 0 Å². The maximum Gasteiger partial charge on any atom is 0.338 e. The molecule has 0 aliphatic carbocycles. The summed E-state index contributed by atoms with van der Waals surface area (Å²) in [6.07, 6.45) is 0. The molecule has 0 radical (unpaired) electrons. The number of halogens is 2. The molecule has 0 atom stereocenters. The van der Waals surface area contributed by atoms with Gasteiger partial charge in [0.1, 0.15) is 5.56 Å². The highest BCUT2D eigenvalue weighted by Gasteiger charge is 2.21. The number of nitrogens with one attached hydrogen (secondary N) is 1. The fourth-order valence-corrected chi connectivity index (χ4v) is 3.79. The number of thiazole rings is 1. The van der Waals surface area contributed by atoms with Crippen molar-refractivity contribution < 1.29 is 19.1 Å². The molecular formula is C18H14Cl2N2O4S. The molecule has 0 spiro atoms. The number of nitrogens with zero attached hydrogens (tertiary/aromatic N) is 1. The maximum absolute atomic E-state index is 12.7. The summed E-state index contributed by atoms with van der Waals surface area (Å²) in [6, 6.07) is 8.07. The Morgan fingerprint density at radius 3 is 2.63 bits per heavy atom. The van der Waals surface area contributed by atoms with E-state index in [0.717, 1.165) is 4.70 Å². The molecule has 3 rings (SSSR count). The molecule has 1 N–H and O–H groups in total. The number of methoxy groups -OCH3 is 1. The lowest BCUT2D eigenvalue weighted by Gasteiger charge is -2.11. The van der Waals surface area contributed by atoms with Gasteiger partial charge in [0.2, 0.25) is 0 Å². The monoisotopic (exact) mass is 424 g/mol. The summed E-state index contributed by atoms with van der Waals surface area (Å²) in [6.45, 7) is 2.04. The van der Waals surface area contributed by atoms with E-state index in [1.54, 1.807) is 31.2 Å². The van der Waals surface area contributed by atoms with Crippen LogP contribution in [0.1, 0.15) is 27.6 Å². The number of carbonyl (C=O) groups excluding carboxylic acids is 2. The molecule has 0 unspecified atom stereocenters. The van der Waals surface area contributed by atoms with Gasteiger partial charge in [0, 0.05) is 0 Å². The molecule has 9 heteroatoms. The number of ether oxygens (including phenoxy) is 2. The van der Waals surface area contributed by atoms with E-state index >= 15 is 0 Å². The highest BCUT2D eigenvalue weighted by molar-refractivity contribution is 7.22. The Balaban J connectivity index is 1.90. The maximum atomic E-state index is 12.7. The quantitative estimate of drug-likeness (QED) is 0.580. The average Bonchev–Trinajstić information content (AvgIpc) is 3.04. The Bertz CT molecular complexity index is 1040. The lowest BCUT2D eigenvalue weighted by atomic mass is 10.2. The summed E-state index contributed by atoms with van der Waals surface area (Å²) in [7, 11) is 1.41. The molecule has 0 aliphatic rings.